The number of para-hydroxylation sites is 1. The summed E-state index contributed by atoms with van der Waals surface area (Å²) in [6.45, 7) is 1.54. The number of carbonyl (C=O) groups is 1. The average molecular weight is 284 g/mol. The Morgan fingerprint density at radius 2 is 1.52 bits per heavy atom. The molecule has 0 spiro atoms. The molecule has 110 valence electrons. The van der Waals surface area contributed by atoms with E-state index in [4.69, 9.17) is 0 Å². The number of rotatable bonds is 6. The lowest BCUT2D eigenvalue weighted by Crippen LogP contribution is -2.36. The maximum Gasteiger partial charge on any atom is 0.407 e. The lowest BCUT2D eigenvalue weighted by atomic mass is 10.2. The van der Waals surface area contributed by atoms with Crippen molar-refractivity contribution >= 4 is 11.8 Å². The van der Waals surface area contributed by atoms with Crippen molar-refractivity contribution in [3.63, 3.8) is 0 Å². The first-order valence-corrected chi connectivity index (χ1v) is 6.95. The second-order valence-corrected chi connectivity index (χ2v) is 4.95. The Kier molecular flexibility index (Phi) is 5.21. The molecular formula is C17H20N2O2. The number of carboxylic acid groups (broad SMARTS) is 1. The van der Waals surface area contributed by atoms with Gasteiger partial charge in [-0.15, -0.1) is 0 Å². The molecule has 0 aliphatic rings. The summed E-state index contributed by atoms with van der Waals surface area (Å²) in [4.78, 5) is 14.9. The summed E-state index contributed by atoms with van der Waals surface area (Å²) in [6, 6.07) is 19.6. The molecule has 0 unspecified atom stereocenters. The van der Waals surface area contributed by atoms with Crippen LogP contribution in [0, 0.1) is 0 Å². The molecule has 0 fully saturated rings. The Balaban J connectivity index is 1.93. The van der Waals surface area contributed by atoms with Crippen molar-refractivity contribution < 1.29 is 9.90 Å². The van der Waals surface area contributed by atoms with Gasteiger partial charge in [0.1, 0.15) is 0 Å². The van der Waals surface area contributed by atoms with E-state index in [2.05, 4.69) is 4.90 Å². The van der Waals surface area contributed by atoms with E-state index in [1.165, 1.54) is 4.90 Å². The highest BCUT2D eigenvalue weighted by molar-refractivity contribution is 5.65. The molecule has 2 aromatic carbocycles. The third-order valence-corrected chi connectivity index (χ3v) is 3.39. The Morgan fingerprint density at radius 1 is 0.952 bits per heavy atom. The number of hydrogen-bond acceptors (Lipinski definition) is 2. The van der Waals surface area contributed by atoms with Crippen LogP contribution in [-0.4, -0.2) is 36.2 Å². The molecule has 4 nitrogen and oxygen atoms in total. The molecule has 1 N–H and O–H groups in total. The molecule has 21 heavy (non-hydrogen) atoms. The predicted octanol–water partition coefficient (Wildman–Crippen LogP) is 3.30. The monoisotopic (exact) mass is 284 g/mol. The minimum atomic E-state index is -0.889. The topological polar surface area (TPSA) is 43.8 Å². The third kappa shape index (κ3) is 4.53. The smallest absolute Gasteiger partial charge is 0.407 e. The van der Waals surface area contributed by atoms with E-state index >= 15 is 0 Å². The lowest BCUT2D eigenvalue weighted by molar-refractivity contribution is 0.143. The van der Waals surface area contributed by atoms with E-state index in [0.717, 1.165) is 11.3 Å². The van der Waals surface area contributed by atoms with Crippen LogP contribution in [0.4, 0.5) is 10.5 Å². The van der Waals surface area contributed by atoms with E-state index in [9.17, 15) is 9.90 Å². The molecule has 1 amide bonds. The Labute approximate surface area is 125 Å². The van der Waals surface area contributed by atoms with E-state index in [1.807, 2.05) is 67.7 Å². The van der Waals surface area contributed by atoms with Crippen molar-refractivity contribution in [2.24, 2.45) is 0 Å². The summed E-state index contributed by atoms with van der Waals surface area (Å²) in [5, 5.41) is 9.33. The molecule has 0 heterocycles. The molecule has 0 aliphatic carbocycles. The van der Waals surface area contributed by atoms with Crippen LogP contribution in [0.2, 0.25) is 0 Å². The fraction of sp³-hybridized carbons (Fsp3) is 0.235. The molecular weight excluding hydrogens is 264 g/mol. The number of amides is 1. The van der Waals surface area contributed by atoms with Gasteiger partial charge >= 0.3 is 6.09 Å². The highest BCUT2D eigenvalue weighted by Crippen LogP contribution is 2.11. The van der Waals surface area contributed by atoms with Gasteiger partial charge in [0, 0.05) is 32.4 Å². The van der Waals surface area contributed by atoms with Gasteiger partial charge in [0.15, 0.2) is 0 Å². The average Bonchev–Trinajstić information content (AvgIpc) is 2.52. The standard InChI is InChI=1S/C17H20N2O2/c1-18(16-10-6-3-7-11-16)12-13-19(17(20)21)14-15-8-4-2-5-9-15/h2-11H,12-14H2,1H3,(H,20,21). The molecule has 0 radical (unpaired) electrons. The molecule has 2 aromatic rings. The van der Waals surface area contributed by atoms with Crippen molar-refractivity contribution in [3.05, 3.63) is 66.2 Å². The number of nitrogens with zero attached hydrogens (tertiary/aromatic N) is 2. The first-order valence-electron chi connectivity index (χ1n) is 6.95. The summed E-state index contributed by atoms with van der Waals surface area (Å²) in [5.41, 5.74) is 2.09. The third-order valence-electron chi connectivity index (χ3n) is 3.39. The summed E-state index contributed by atoms with van der Waals surface area (Å²) in [5.74, 6) is 0. The summed E-state index contributed by atoms with van der Waals surface area (Å²) >= 11 is 0. The van der Waals surface area contributed by atoms with Crippen LogP contribution in [0.3, 0.4) is 0 Å². The van der Waals surface area contributed by atoms with E-state index in [1.54, 1.807) is 0 Å². The fourth-order valence-electron chi connectivity index (χ4n) is 2.13. The van der Waals surface area contributed by atoms with Crippen molar-refractivity contribution in [1.82, 2.24) is 4.90 Å². The van der Waals surface area contributed by atoms with Crippen LogP contribution in [0.1, 0.15) is 5.56 Å². The van der Waals surface area contributed by atoms with Crippen LogP contribution < -0.4 is 4.90 Å². The zero-order valence-corrected chi connectivity index (χ0v) is 12.1. The predicted molar refractivity (Wildman–Crippen MR) is 84.6 cm³/mol. The summed E-state index contributed by atoms with van der Waals surface area (Å²) in [6.07, 6.45) is -0.889. The number of benzene rings is 2. The highest BCUT2D eigenvalue weighted by atomic mass is 16.4. The van der Waals surface area contributed by atoms with E-state index < -0.39 is 6.09 Å². The molecule has 0 aromatic heterocycles. The molecule has 4 heteroatoms. The fourth-order valence-corrected chi connectivity index (χ4v) is 2.13. The van der Waals surface area contributed by atoms with E-state index in [0.29, 0.717) is 19.6 Å². The lowest BCUT2D eigenvalue weighted by Gasteiger charge is -2.24. The maximum atomic E-state index is 11.4. The first kappa shape index (κ1) is 14.9. The van der Waals surface area contributed by atoms with Crippen LogP contribution in [0.5, 0.6) is 0 Å². The van der Waals surface area contributed by atoms with Crippen molar-refractivity contribution in [3.8, 4) is 0 Å². The van der Waals surface area contributed by atoms with E-state index in [-0.39, 0.29) is 0 Å². The number of anilines is 1. The van der Waals surface area contributed by atoms with Crippen molar-refractivity contribution in [2.75, 3.05) is 25.0 Å². The van der Waals surface area contributed by atoms with Crippen molar-refractivity contribution in [1.29, 1.82) is 0 Å². The quantitative estimate of drug-likeness (QED) is 0.885. The van der Waals surface area contributed by atoms with Gasteiger partial charge in [-0.05, 0) is 17.7 Å². The second kappa shape index (κ2) is 7.33. The van der Waals surface area contributed by atoms with Crippen LogP contribution in [-0.2, 0) is 6.54 Å². The summed E-state index contributed by atoms with van der Waals surface area (Å²) < 4.78 is 0. The summed E-state index contributed by atoms with van der Waals surface area (Å²) in [7, 11) is 1.97. The molecule has 0 saturated carbocycles. The zero-order valence-electron chi connectivity index (χ0n) is 12.1. The Hall–Kier alpha value is -2.49. The first-order chi connectivity index (χ1) is 10.2. The van der Waals surface area contributed by atoms with Gasteiger partial charge in [-0.25, -0.2) is 4.79 Å². The maximum absolute atomic E-state index is 11.4. The van der Waals surface area contributed by atoms with Gasteiger partial charge in [-0.1, -0.05) is 48.5 Å². The van der Waals surface area contributed by atoms with Gasteiger partial charge in [0.05, 0.1) is 0 Å². The van der Waals surface area contributed by atoms with Crippen LogP contribution >= 0.6 is 0 Å². The van der Waals surface area contributed by atoms with Gasteiger partial charge in [-0.2, -0.15) is 0 Å². The zero-order chi connectivity index (χ0) is 15.1. The number of hydrogen-bond donors (Lipinski definition) is 1. The highest BCUT2D eigenvalue weighted by Gasteiger charge is 2.13. The normalized spacial score (nSPS) is 10.1. The Morgan fingerprint density at radius 3 is 2.10 bits per heavy atom. The van der Waals surface area contributed by atoms with Crippen LogP contribution in [0.15, 0.2) is 60.7 Å². The van der Waals surface area contributed by atoms with Crippen LogP contribution in [0.25, 0.3) is 0 Å². The number of likely N-dealkylation sites (N-methyl/N-ethyl adjacent to an activating group) is 1. The molecule has 0 bridgehead atoms. The van der Waals surface area contributed by atoms with Crippen molar-refractivity contribution in [2.45, 2.75) is 6.54 Å². The molecule has 0 aliphatic heterocycles. The SMILES string of the molecule is CN(CCN(Cc1ccccc1)C(=O)O)c1ccccc1. The second-order valence-electron chi connectivity index (χ2n) is 4.95. The molecule has 0 atom stereocenters. The minimum absolute atomic E-state index is 0.415. The van der Waals surface area contributed by atoms with Gasteiger partial charge in [0.25, 0.3) is 0 Å². The minimum Gasteiger partial charge on any atom is -0.465 e. The Bertz CT molecular complexity index is 558. The van der Waals surface area contributed by atoms with Gasteiger partial charge in [0.2, 0.25) is 0 Å². The molecule has 0 saturated heterocycles. The van der Waals surface area contributed by atoms with Gasteiger partial charge < -0.3 is 14.9 Å². The molecule has 2 rings (SSSR count). The van der Waals surface area contributed by atoms with Gasteiger partial charge in [-0.3, -0.25) is 0 Å². The largest absolute Gasteiger partial charge is 0.465 e.